The number of methoxy groups -OCH3 is 1. The lowest BCUT2D eigenvalue weighted by Gasteiger charge is -2.16. The molecule has 0 amide bonds. The van der Waals surface area contributed by atoms with Gasteiger partial charge in [-0.2, -0.15) is 0 Å². The van der Waals surface area contributed by atoms with Crippen molar-refractivity contribution >= 4 is 15.9 Å². The summed E-state index contributed by atoms with van der Waals surface area (Å²) in [6, 6.07) is 1.74. The number of hydrogen-bond acceptors (Lipinski definition) is 5. The molecule has 1 aliphatic heterocycles. The topological polar surface area (TPSA) is 73.9 Å². The fraction of sp³-hybridized carbons (Fsp3) is 0.400. The Bertz CT molecular complexity index is 407. The van der Waals surface area contributed by atoms with Crippen LogP contribution in [0.5, 0.6) is 17.2 Å². The first kappa shape index (κ1) is 11.5. The normalized spacial score (nSPS) is 15.0. The van der Waals surface area contributed by atoms with Crippen molar-refractivity contribution in [1.29, 1.82) is 0 Å². The van der Waals surface area contributed by atoms with Crippen LogP contribution < -0.4 is 19.9 Å². The lowest BCUT2D eigenvalue weighted by atomic mass is 10.1. The van der Waals surface area contributed by atoms with Crippen molar-refractivity contribution in [3.05, 3.63) is 16.1 Å². The van der Waals surface area contributed by atoms with Crippen LogP contribution in [-0.2, 0) is 0 Å². The van der Waals surface area contributed by atoms with Gasteiger partial charge < -0.3 is 25.1 Å². The number of halogens is 1. The Morgan fingerprint density at radius 2 is 2.38 bits per heavy atom. The second kappa shape index (κ2) is 4.48. The summed E-state index contributed by atoms with van der Waals surface area (Å²) in [4.78, 5) is 0. The van der Waals surface area contributed by atoms with Crippen LogP contribution in [0.4, 0.5) is 0 Å². The zero-order valence-electron chi connectivity index (χ0n) is 8.70. The summed E-state index contributed by atoms with van der Waals surface area (Å²) in [6.07, 6.45) is -0.845. The number of rotatable bonds is 3. The molecule has 0 aromatic heterocycles. The first-order valence-electron chi connectivity index (χ1n) is 4.73. The molecule has 1 heterocycles. The smallest absolute Gasteiger partial charge is 0.231 e. The fourth-order valence-electron chi connectivity index (χ4n) is 1.65. The maximum Gasteiger partial charge on any atom is 0.231 e. The third-order valence-electron chi connectivity index (χ3n) is 2.37. The summed E-state index contributed by atoms with van der Waals surface area (Å²) in [6.45, 7) is 0.224. The van der Waals surface area contributed by atoms with Gasteiger partial charge in [-0.05, 0) is 15.9 Å². The number of benzene rings is 1. The molecule has 0 spiro atoms. The standard InChI is InChI=1S/C10H12BrNO4/c1-14-9-5(11)2-7-10(16-4-15-7)8(9)6(13)3-12/h2,6,13H,3-4,12H2,1H3. The minimum absolute atomic E-state index is 0.0859. The van der Waals surface area contributed by atoms with Crippen molar-refractivity contribution in [3.63, 3.8) is 0 Å². The highest BCUT2D eigenvalue weighted by Crippen LogP contribution is 2.47. The van der Waals surface area contributed by atoms with Crippen molar-refractivity contribution in [2.45, 2.75) is 6.10 Å². The van der Waals surface area contributed by atoms with Crippen LogP contribution in [-0.4, -0.2) is 25.6 Å². The molecule has 0 radical (unpaired) electrons. The maximum atomic E-state index is 9.87. The SMILES string of the molecule is COc1c(Br)cc2c(c1C(O)CN)OCO2. The molecule has 16 heavy (non-hydrogen) atoms. The van der Waals surface area contributed by atoms with Gasteiger partial charge in [-0.3, -0.25) is 0 Å². The Kier molecular flexibility index (Phi) is 3.22. The number of aliphatic hydroxyl groups excluding tert-OH is 1. The van der Waals surface area contributed by atoms with E-state index in [1.807, 2.05) is 0 Å². The van der Waals surface area contributed by atoms with Crippen LogP contribution in [0.3, 0.4) is 0 Å². The van der Waals surface area contributed by atoms with Gasteiger partial charge in [0.2, 0.25) is 6.79 Å². The van der Waals surface area contributed by atoms with Crippen LogP contribution in [0, 0.1) is 0 Å². The van der Waals surface area contributed by atoms with E-state index in [4.69, 9.17) is 19.9 Å². The summed E-state index contributed by atoms with van der Waals surface area (Å²) in [7, 11) is 1.52. The molecule has 0 saturated heterocycles. The van der Waals surface area contributed by atoms with Crippen LogP contribution in [0.1, 0.15) is 11.7 Å². The molecule has 1 aliphatic rings. The molecule has 1 aromatic carbocycles. The zero-order chi connectivity index (χ0) is 11.7. The van der Waals surface area contributed by atoms with Gasteiger partial charge in [-0.1, -0.05) is 0 Å². The summed E-state index contributed by atoms with van der Waals surface area (Å²) in [5.74, 6) is 1.59. The fourth-order valence-corrected chi connectivity index (χ4v) is 2.23. The van der Waals surface area contributed by atoms with Crippen LogP contribution in [0.2, 0.25) is 0 Å². The molecule has 0 saturated carbocycles. The predicted molar refractivity (Wildman–Crippen MR) is 60.8 cm³/mol. The Labute approximate surface area is 101 Å². The second-order valence-electron chi connectivity index (χ2n) is 3.29. The maximum absolute atomic E-state index is 9.87. The molecule has 88 valence electrons. The zero-order valence-corrected chi connectivity index (χ0v) is 10.3. The minimum atomic E-state index is -0.845. The Balaban J connectivity index is 2.61. The molecule has 1 atom stereocenters. The molecule has 1 unspecified atom stereocenters. The Morgan fingerprint density at radius 3 is 3.00 bits per heavy atom. The van der Waals surface area contributed by atoms with E-state index in [1.54, 1.807) is 6.07 Å². The van der Waals surface area contributed by atoms with Gasteiger partial charge in [-0.25, -0.2) is 0 Å². The molecule has 3 N–H and O–H groups in total. The lowest BCUT2D eigenvalue weighted by Crippen LogP contribution is -2.13. The van der Waals surface area contributed by atoms with Gasteiger partial charge in [0.05, 0.1) is 23.2 Å². The first-order chi connectivity index (χ1) is 7.69. The Hall–Kier alpha value is -0.980. The van der Waals surface area contributed by atoms with Gasteiger partial charge in [0.15, 0.2) is 11.5 Å². The molecule has 0 bridgehead atoms. The minimum Gasteiger partial charge on any atom is -0.495 e. The average molecular weight is 290 g/mol. The van der Waals surface area contributed by atoms with E-state index in [9.17, 15) is 5.11 Å². The quantitative estimate of drug-likeness (QED) is 0.874. The molecular formula is C10H12BrNO4. The first-order valence-corrected chi connectivity index (χ1v) is 5.52. The van der Waals surface area contributed by atoms with Gasteiger partial charge in [0.1, 0.15) is 5.75 Å². The Morgan fingerprint density at radius 1 is 1.62 bits per heavy atom. The van der Waals surface area contributed by atoms with Crippen molar-refractivity contribution in [2.24, 2.45) is 5.73 Å². The van der Waals surface area contributed by atoms with E-state index < -0.39 is 6.10 Å². The number of fused-ring (bicyclic) bond motifs is 1. The number of nitrogens with two attached hydrogens (primary N) is 1. The van der Waals surface area contributed by atoms with Crippen LogP contribution in [0.15, 0.2) is 10.5 Å². The van der Waals surface area contributed by atoms with E-state index in [2.05, 4.69) is 15.9 Å². The highest BCUT2D eigenvalue weighted by molar-refractivity contribution is 9.10. The lowest BCUT2D eigenvalue weighted by molar-refractivity contribution is 0.158. The number of aliphatic hydroxyl groups is 1. The monoisotopic (exact) mass is 289 g/mol. The van der Waals surface area contributed by atoms with E-state index in [0.717, 1.165) is 0 Å². The molecule has 0 fully saturated rings. The highest BCUT2D eigenvalue weighted by Gasteiger charge is 2.28. The van der Waals surface area contributed by atoms with Gasteiger partial charge in [0, 0.05) is 12.6 Å². The van der Waals surface area contributed by atoms with Crippen LogP contribution >= 0.6 is 15.9 Å². The number of hydrogen-bond donors (Lipinski definition) is 2. The van der Waals surface area contributed by atoms with Gasteiger partial charge >= 0.3 is 0 Å². The van der Waals surface area contributed by atoms with Crippen LogP contribution in [0.25, 0.3) is 0 Å². The van der Waals surface area contributed by atoms with Crippen molar-refractivity contribution in [1.82, 2.24) is 0 Å². The molecule has 6 heteroatoms. The summed E-state index contributed by atoms with van der Waals surface area (Å²) >= 11 is 3.35. The third kappa shape index (κ3) is 1.73. The molecular weight excluding hydrogens is 278 g/mol. The van der Waals surface area contributed by atoms with E-state index >= 15 is 0 Å². The third-order valence-corrected chi connectivity index (χ3v) is 2.96. The summed E-state index contributed by atoms with van der Waals surface area (Å²) in [5, 5.41) is 9.87. The molecule has 5 nitrogen and oxygen atoms in total. The van der Waals surface area contributed by atoms with E-state index in [0.29, 0.717) is 27.3 Å². The largest absolute Gasteiger partial charge is 0.495 e. The van der Waals surface area contributed by atoms with E-state index in [1.165, 1.54) is 7.11 Å². The molecule has 1 aromatic rings. The predicted octanol–water partition coefficient (Wildman–Crippen LogP) is 1.18. The average Bonchev–Trinajstić information content (AvgIpc) is 2.73. The molecule has 0 aliphatic carbocycles. The van der Waals surface area contributed by atoms with Crippen molar-refractivity contribution in [3.8, 4) is 17.2 Å². The van der Waals surface area contributed by atoms with E-state index in [-0.39, 0.29) is 13.3 Å². The summed E-state index contributed by atoms with van der Waals surface area (Å²) < 4.78 is 16.5. The van der Waals surface area contributed by atoms with Crippen molar-refractivity contribution < 1.29 is 19.3 Å². The van der Waals surface area contributed by atoms with Crippen molar-refractivity contribution in [2.75, 3.05) is 20.4 Å². The second-order valence-corrected chi connectivity index (χ2v) is 4.14. The van der Waals surface area contributed by atoms with Gasteiger partial charge in [-0.15, -0.1) is 0 Å². The number of ether oxygens (including phenoxy) is 3. The van der Waals surface area contributed by atoms with Gasteiger partial charge in [0.25, 0.3) is 0 Å². The highest BCUT2D eigenvalue weighted by atomic mass is 79.9. The molecule has 2 rings (SSSR count). The summed E-state index contributed by atoms with van der Waals surface area (Å²) in [5.41, 5.74) is 5.97.